The van der Waals surface area contributed by atoms with Crippen molar-refractivity contribution in [2.75, 3.05) is 0 Å². The van der Waals surface area contributed by atoms with E-state index in [1.807, 2.05) is 20.8 Å². The van der Waals surface area contributed by atoms with Crippen molar-refractivity contribution in [3.05, 3.63) is 12.2 Å². The van der Waals surface area contributed by atoms with Crippen LogP contribution in [0, 0.1) is 35.0 Å². The van der Waals surface area contributed by atoms with Gasteiger partial charge in [0.25, 0.3) is 0 Å². The fraction of sp³-hybridized carbons (Fsp3) is 0.933. The van der Waals surface area contributed by atoms with Crippen molar-refractivity contribution in [1.82, 2.24) is 5.32 Å². The molecule has 0 radical (unpaired) electrons. The van der Waals surface area contributed by atoms with Gasteiger partial charge in [-0.2, -0.15) is 0 Å². The molecule has 0 amide bonds. The van der Waals surface area contributed by atoms with Gasteiger partial charge in [-0.3, -0.25) is 5.32 Å². The molecule has 0 aliphatic heterocycles. The Hall–Kier alpha value is -0.490. The smallest absolute Gasteiger partial charge is 0.160 e. The summed E-state index contributed by atoms with van der Waals surface area (Å²) in [5.74, 6) is 2.12. The number of halogens is 1. The first kappa shape index (κ1) is 27.5. The van der Waals surface area contributed by atoms with Gasteiger partial charge in [-0.05, 0) is 102 Å². The maximum atomic E-state index is 15.1. The van der Waals surface area contributed by atoms with Crippen LogP contribution in [-0.2, 0) is 4.74 Å². The van der Waals surface area contributed by atoms with Crippen molar-refractivity contribution in [3.8, 4) is 0 Å². The largest absolute Gasteiger partial charge is 0.378 e. The van der Waals surface area contributed by atoms with Crippen molar-refractivity contribution in [3.63, 3.8) is 0 Å². The third-order valence-corrected chi connectivity index (χ3v) is 9.66. The number of alkyl halides is 1. The molecule has 3 N–H and O–H groups in total. The Morgan fingerprint density at radius 3 is 2.31 bits per heavy atom. The van der Waals surface area contributed by atoms with Crippen LogP contribution in [0.25, 0.3) is 0 Å². The van der Waals surface area contributed by atoms with Crippen molar-refractivity contribution < 1.29 is 19.3 Å². The first-order valence-corrected chi connectivity index (χ1v) is 14.7. The molecule has 4 nitrogen and oxygen atoms in total. The molecule has 0 aromatic carbocycles. The molecule has 0 heterocycles. The first-order chi connectivity index (χ1) is 16.6. The zero-order valence-electron chi connectivity index (χ0n) is 22.7. The lowest BCUT2D eigenvalue weighted by atomic mass is 9.72. The van der Waals surface area contributed by atoms with Crippen molar-refractivity contribution >= 4 is 0 Å². The van der Waals surface area contributed by atoms with E-state index in [2.05, 4.69) is 24.4 Å². The van der Waals surface area contributed by atoms with Crippen LogP contribution in [0.4, 0.5) is 4.39 Å². The van der Waals surface area contributed by atoms with Crippen LogP contribution < -0.4 is 5.32 Å². The van der Waals surface area contributed by atoms with E-state index >= 15 is 4.39 Å². The number of nitrogens with one attached hydrogen (secondary N) is 1. The van der Waals surface area contributed by atoms with Crippen LogP contribution in [0.2, 0.25) is 0 Å². The SMILES string of the molecule is CCC1C=CC([C@H](C2CCCC2)C(O)NC2CC(CC3(C(O)OC(C)(C)C)CC3)CCC2F)CC1. The van der Waals surface area contributed by atoms with Crippen molar-refractivity contribution in [2.45, 2.75) is 141 Å². The predicted molar refractivity (Wildman–Crippen MR) is 139 cm³/mol. The zero-order valence-corrected chi connectivity index (χ0v) is 22.7. The van der Waals surface area contributed by atoms with Gasteiger partial charge in [-0.15, -0.1) is 0 Å². The Bertz CT molecular complexity index is 696. The highest BCUT2D eigenvalue weighted by Gasteiger charge is 2.52. The Morgan fingerprint density at radius 1 is 1.03 bits per heavy atom. The second-order valence-electron chi connectivity index (χ2n) is 13.5. The summed E-state index contributed by atoms with van der Waals surface area (Å²) in [6, 6.07) is -0.305. The lowest BCUT2D eigenvalue weighted by molar-refractivity contribution is -0.203. The van der Waals surface area contributed by atoms with Crippen LogP contribution >= 0.6 is 0 Å². The van der Waals surface area contributed by atoms with Gasteiger partial charge in [-0.25, -0.2) is 4.39 Å². The van der Waals surface area contributed by atoms with Crippen LogP contribution in [0.3, 0.4) is 0 Å². The van der Waals surface area contributed by atoms with E-state index < -0.39 is 18.7 Å². The monoisotopic (exact) mass is 493 g/mol. The Balaban J connectivity index is 1.38. The van der Waals surface area contributed by atoms with E-state index in [1.165, 1.54) is 38.5 Å². The van der Waals surface area contributed by atoms with E-state index in [0.717, 1.165) is 38.5 Å². The average molecular weight is 494 g/mol. The molecule has 7 unspecified atom stereocenters. The Morgan fingerprint density at radius 2 is 1.74 bits per heavy atom. The minimum atomic E-state index is -0.914. The highest BCUT2D eigenvalue weighted by atomic mass is 19.1. The molecule has 0 saturated heterocycles. The number of aliphatic hydroxyl groups excluding tert-OH is 2. The van der Waals surface area contributed by atoms with Crippen LogP contribution in [0.15, 0.2) is 12.2 Å². The van der Waals surface area contributed by atoms with Gasteiger partial charge in [0.2, 0.25) is 0 Å². The number of hydrogen-bond acceptors (Lipinski definition) is 4. The van der Waals surface area contributed by atoms with Gasteiger partial charge in [0.15, 0.2) is 6.29 Å². The summed E-state index contributed by atoms with van der Waals surface area (Å²) in [6.45, 7) is 8.19. The van der Waals surface area contributed by atoms with Crippen LogP contribution in [-0.4, -0.2) is 40.5 Å². The van der Waals surface area contributed by atoms with Gasteiger partial charge in [-0.1, -0.05) is 44.8 Å². The lowest BCUT2D eigenvalue weighted by Crippen LogP contribution is -2.52. The van der Waals surface area contributed by atoms with Gasteiger partial charge >= 0.3 is 0 Å². The van der Waals surface area contributed by atoms with E-state index in [-0.39, 0.29) is 23.0 Å². The molecule has 3 fully saturated rings. The van der Waals surface area contributed by atoms with E-state index in [4.69, 9.17) is 4.74 Å². The van der Waals surface area contributed by atoms with Crippen LogP contribution in [0.1, 0.15) is 111 Å². The van der Waals surface area contributed by atoms with Gasteiger partial charge < -0.3 is 14.9 Å². The minimum absolute atomic E-state index is 0.167. The second-order valence-corrected chi connectivity index (χ2v) is 13.5. The molecule has 0 bridgehead atoms. The maximum Gasteiger partial charge on any atom is 0.160 e. The normalized spacial score (nSPS) is 36.1. The highest BCUT2D eigenvalue weighted by Crippen LogP contribution is 2.56. The summed E-state index contributed by atoms with van der Waals surface area (Å²) < 4.78 is 21.0. The Kier molecular flexibility index (Phi) is 9.04. The summed E-state index contributed by atoms with van der Waals surface area (Å²) in [6.07, 6.45) is 15.8. The summed E-state index contributed by atoms with van der Waals surface area (Å²) in [4.78, 5) is 0. The molecule has 3 saturated carbocycles. The summed E-state index contributed by atoms with van der Waals surface area (Å²) in [5, 5.41) is 25.7. The van der Waals surface area contributed by atoms with Gasteiger partial charge in [0, 0.05) is 17.4 Å². The fourth-order valence-corrected chi connectivity index (χ4v) is 7.40. The molecular weight excluding hydrogens is 441 g/mol. The number of rotatable bonds is 10. The minimum Gasteiger partial charge on any atom is -0.378 e. The summed E-state index contributed by atoms with van der Waals surface area (Å²) in [5.41, 5.74) is -0.543. The van der Waals surface area contributed by atoms with Crippen LogP contribution in [0.5, 0.6) is 0 Å². The van der Waals surface area contributed by atoms with Gasteiger partial charge in [0.1, 0.15) is 12.4 Å². The fourth-order valence-electron chi connectivity index (χ4n) is 7.40. The van der Waals surface area contributed by atoms with Crippen molar-refractivity contribution in [1.29, 1.82) is 0 Å². The van der Waals surface area contributed by atoms with E-state index in [9.17, 15) is 10.2 Å². The standard InChI is InChI=1S/C30H52FNO3/c1-5-20-10-13-23(14-11-20)26(22-8-6-7-9-22)27(33)32-25-18-21(12-15-24(25)31)19-30(16-17-30)28(34)35-29(2,3)4/h10,13,20-28,32-34H,5-9,11-12,14-19H2,1-4H3/t20?,21?,23?,24?,25?,26-,27?,28?/m0/s1. The molecule has 35 heavy (non-hydrogen) atoms. The molecule has 4 rings (SSSR count). The quantitative estimate of drug-likeness (QED) is 0.240. The van der Waals surface area contributed by atoms with Crippen molar-refractivity contribution in [2.24, 2.45) is 35.0 Å². The zero-order chi connectivity index (χ0) is 25.2. The third kappa shape index (κ3) is 7.09. The molecule has 4 aliphatic carbocycles. The molecule has 5 heteroatoms. The average Bonchev–Trinajstić information content (AvgIpc) is 3.39. The molecule has 8 atom stereocenters. The number of allylic oxidation sites excluding steroid dienone is 2. The molecule has 0 aromatic rings. The number of aliphatic hydroxyl groups is 2. The molecule has 202 valence electrons. The number of hydrogen-bond donors (Lipinski definition) is 3. The topological polar surface area (TPSA) is 61.7 Å². The summed E-state index contributed by atoms with van der Waals surface area (Å²) >= 11 is 0. The lowest BCUT2D eigenvalue weighted by Gasteiger charge is -2.41. The Labute approximate surface area is 213 Å². The third-order valence-electron chi connectivity index (χ3n) is 9.66. The first-order valence-electron chi connectivity index (χ1n) is 14.7. The maximum absolute atomic E-state index is 15.1. The van der Waals surface area contributed by atoms with E-state index in [0.29, 0.717) is 30.1 Å². The number of ether oxygens (including phenoxy) is 1. The molecule has 4 aliphatic rings. The van der Waals surface area contributed by atoms with E-state index in [1.54, 1.807) is 0 Å². The summed E-state index contributed by atoms with van der Waals surface area (Å²) in [7, 11) is 0. The second kappa shape index (κ2) is 11.5. The molecule has 0 spiro atoms. The molecule has 0 aromatic heterocycles. The molecular formula is C30H52FNO3. The van der Waals surface area contributed by atoms with Gasteiger partial charge in [0.05, 0.1) is 5.60 Å². The predicted octanol–water partition coefficient (Wildman–Crippen LogP) is 6.50. The highest BCUT2D eigenvalue weighted by molar-refractivity contribution is 5.04.